The van der Waals surface area contributed by atoms with Crippen LogP contribution in [0.2, 0.25) is 0 Å². The molecule has 1 aromatic heterocycles. The van der Waals surface area contributed by atoms with Gasteiger partial charge in [-0.2, -0.15) is 0 Å². The van der Waals surface area contributed by atoms with E-state index in [1.165, 1.54) is 6.08 Å². The van der Waals surface area contributed by atoms with Crippen LogP contribution in [-0.2, 0) is 4.79 Å². The zero-order chi connectivity index (χ0) is 15.4. The first-order valence-electron chi connectivity index (χ1n) is 7.27. The number of aromatic nitrogens is 1. The molecule has 4 nitrogen and oxygen atoms in total. The molecule has 2 heterocycles. The fourth-order valence-corrected chi connectivity index (χ4v) is 2.47. The van der Waals surface area contributed by atoms with Crippen LogP contribution in [0.4, 0.5) is 5.69 Å². The predicted octanol–water partition coefficient (Wildman–Crippen LogP) is 3.10. The molecule has 1 fully saturated rings. The van der Waals surface area contributed by atoms with E-state index < -0.39 is 0 Å². The second-order valence-electron chi connectivity index (χ2n) is 5.18. The number of hydrogen-bond donors (Lipinski definition) is 0. The minimum atomic E-state index is -0.0665. The highest BCUT2D eigenvalue weighted by Gasteiger charge is 2.21. The Labute approximate surface area is 129 Å². The SMILES string of the molecule is O=C(/C=C\c1cccnc1)c1ccc(N2CCCC2=O)cc1. The third-order valence-electron chi connectivity index (χ3n) is 3.65. The Bertz CT molecular complexity index is 706. The Kier molecular flexibility index (Phi) is 4.10. The summed E-state index contributed by atoms with van der Waals surface area (Å²) < 4.78 is 0. The van der Waals surface area contributed by atoms with Crippen molar-refractivity contribution >= 4 is 23.5 Å². The van der Waals surface area contributed by atoms with Gasteiger partial charge in [-0.15, -0.1) is 0 Å². The van der Waals surface area contributed by atoms with Crippen LogP contribution in [0.25, 0.3) is 6.08 Å². The van der Waals surface area contributed by atoms with E-state index in [-0.39, 0.29) is 11.7 Å². The van der Waals surface area contributed by atoms with Gasteiger partial charge in [-0.3, -0.25) is 14.6 Å². The second kappa shape index (κ2) is 6.35. The van der Waals surface area contributed by atoms with Crippen molar-refractivity contribution in [3.8, 4) is 0 Å². The van der Waals surface area contributed by atoms with Crippen molar-refractivity contribution < 1.29 is 9.59 Å². The first-order chi connectivity index (χ1) is 10.7. The lowest BCUT2D eigenvalue weighted by Gasteiger charge is -2.15. The molecule has 1 aliphatic rings. The van der Waals surface area contributed by atoms with Crippen molar-refractivity contribution in [2.75, 3.05) is 11.4 Å². The van der Waals surface area contributed by atoms with E-state index >= 15 is 0 Å². The van der Waals surface area contributed by atoms with Crippen LogP contribution in [0.3, 0.4) is 0 Å². The number of carbonyl (C=O) groups excluding carboxylic acids is 2. The lowest BCUT2D eigenvalue weighted by atomic mass is 10.1. The van der Waals surface area contributed by atoms with Gasteiger partial charge in [0.1, 0.15) is 0 Å². The summed E-state index contributed by atoms with van der Waals surface area (Å²) >= 11 is 0. The van der Waals surface area contributed by atoms with Crippen molar-refractivity contribution in [3.05, 3.63) is 66.0 Å². The molecule has 0 atom stereocenters. The molecule has 1 saturated heterocycles. The standard InChI is InChI=1S/C18H16N2O2/c21-17(10-5-14-3-1-11-19-13-14)15-6-8-16(9-7-15)20-12-2-4-18(20)22/h1,3,5-11,13H,2,4,12H2/b10-5-. The molecule has 1 aliphatic heterocycles. The number of pyridine rings is 1. The molecule has 1 amide bonds. The van der Waals surface area contributed by atoms with Crippen LogP contribution >= 0.6 is 0 Å². The van der Waals surface area contributed by atoms with Crippen molar-refractivity contribution in [1.29, 1.82) is 0 Å². The Balaban J connectivity index is 1.71. The average Bonchev–Trinajstić information content (AvgIpc) is 3.00. The van der Waals surface area contributed by atoms with E-state index in [0.29, 0.717) is 12.0 Å². The van der Waals surface area contributed by atoms with Gasteiger partial charge in [0.05, 0.1) is 0 Å². The average molecular weight is 292 g/mol. The van der Waals surface area contributed by atoms with Gasteiger partial charge in [-0.05, 0) is 54.5 Å². The number of rotatable bonds is 4. The molecule has 4 heteroatoms. The molecule has 0 saturated carbocycles. The van der Waals surface area contributed by atoms with Gasteiger partial charge in [0.2, 0.25) is 5.91 Å². The molecule has 22 heavy (non-hydrogen) atoms. The van der Waals surface area contributed by atoms with Crippen LogP contribution in [-0.4, -0.2) is 23.2 Å². The van der Waals surface area contributed by atoms with Gasteiger partial charge >= 0.3 is 0 Å². The summed E-state index contributed by atoms with van der Waals surface area (Å²) in [5.74, 6) is 0.0821. The maximum atomic E-state index is 12.1. The quantitative estimate of drug-likeness (QED) is 0.642. The fourth-order valence-electron chi connectivity index (χ4n) is 2.47. The number of nitrogens with zero attached hydrogens (tertiary/aromatic N) is 2. The molecule has 0 bridgehead atoms. The van der Waals surface area contributed by atoms with Crippen LogP contribution < -0.4 is 4.90 Å². The summed E-state index contributed by atoms with van der Waals surface area (Å²) in [6, 6.07) is 10.9. The number of ketones is 1. The van der Waals surface area contributed by atoms with Gasteiger partial charge < -0.3 is 4.90 Å². The highest BCUT2D eigenvalue weighted by atomic mass is 16.2. The lowest BCUT2D eigenvalue weighted by molar-refractivity contribution is -0.117. The monoisotopic (exact) mass is 292 g/mol. The van der Waals surface area contributed by atoms with E-state index in [1.807, 2.05) is 24.3 Å². The third kappa shape index (κ3) is 3.11. The van der Waals surface area contributed by atoms with Gasteiger partial charge in [0.25, 0.3) is 0 Å². The molecular weight excluding hydrogens is 276 g/mol. The Morgan fingerprint density at radius 1 is 1.18 bits per heavy atom. The van der Waals surface area contributed by atoms with E-state index in [4.69, 9.17) is 0 Å². The highest BCUT2D eigenvalue weighted by Crippen LogP contribution is 2.21. The molecule has 0 radical (unpaired) electrons. The topological polar surface area (TPSA) is 50.3 Å². The first-order valence-corrected chi connectivity index (χ1v) is 7.27. The van der Waals surface area contributed by atoms with E-state index in [2.05, 4.69) is 4.98 Å². The van der Waals surface area contributed by atoms with Crippen LogP contribution in [0.5, 0.6) is 0 Å². The van der Waals surface area contributed by atoms with E-state index in [0.717, 1.165) is 24.2 Å². The number of allylic oxidation sites excluding steroid dienone is 1. The van der Waals surface area contributed by atoms with E-state index in [9.17, 15) is 9.59 Å². The first kappa shape index (κ1) is 14.2. The number of anilines is 1. The number of benzene rings is 1. The zero-order valence-corrected chi connectivity index (χ0v) is 12.1. The van der Waals surface area contributed by atoms with Crippen molar-refractivity contribution in [2.24, 2.45) is 0 Å². The fraction of sp³-hybridized carbons (Fsp3) is 0.167. The largest absolute Gasteiger partial charge is 0.312 e. The summed E-state index contributed by atoms with van der Waals surface area (Å²) in [6.45, 7) is 0.757. The van der Waals surface area contributed by atoms with Crippen LogP contribution in [0, 0.1) is 0 Å². The number of amides is 1. The van der Waals surface area contributed by atoms with E-state index in [1.54, 1.807) is 35.5 Å². The molecule has 0 N–H and O–H groups in total. The smallest absolute Gasteiger partial charge is 0.227 e. The van der Waals surface area contributed by atoms with Gasteiger partial charge in [0, 0.05) is 36.6 Å². The maximum absolute atomic E-state index is 12.1. The summed E-state index contributed by atoms with van der Waals surface area (Å²) in [6.07, 6.45) is 8.17. The molecule has 110 valence electrons. The summed E-state index contributed by atoms with van der Waals surface area (Å²) in [7, 11) is 0. The maximum Gasteiger partial charge on any atom is 0.227 e. The van der Waals surface area contributed by atoms with Gasteiger partial charge in [-0.25, -0.2) is 0 Å². The number of carbonyl (C=O) groups is 2. The number of hydrogen-bond acceptors (Lipinski definition) is 3. The van der Waals surface area contributed by atoms with Crippen molar-refractivity contribution in [1.82, 2.24) is 4.98 Å². The molecular formula is C18H16N2O2. The Morgan fingerprint density at radius 3 is 2.64 bits per heavy atom. The molecule has 1 aromatic carbocycles. The summed E-state index contributed by atoms with van der Waals surface area (Å²) in [4.78, 5) is 29.6. The molecule has 2 aromatic rings. The molecule has 0 spiro atoms. The third-order valence-corrected chi connectivity index (χ3v) is 3.65. The predicted molar refractivity (Wildman–Crippen MR) is 85.6 cm³/mol. The minimum Gasteiger partial charge on any atom is -0.312 e. The molecule has 3 rings (SSSR count). The molecule has 0 aliphatic carbocycles. The molecule has 0 unspecified atom stereocenters. The summed E-state index contributed by atoms with van der Waals surface area (Å²) in [5.41, 5.74) is 2.35. The Morgan fingerprint density at radius 2 is 2.00 bits per heavy atom. The van der Waals surface area contributed by atoms with Gasteiger partial charge in [0.15, 0.2) is 5.78 Å². The Hall–Kier alpha value is -2.75. The normalized spacial score (nSPS) is 14.7. The van der Waals surface area contributed by atoms with Crippen molar-refractivity contribution in [3.63, 3.8) is 0 Å². The second-order valence-corrected chi connectivity index (χ2v) is 5.18. The van der Waals surface area contributed by atoms with Crippen LogP contribution in [0.15, 0.2) is 54.9 Å². The van der Waals surface area contributed by atoms with Crippen molar-refractivity contribution in [2.45, 2.75) is 12.8 Å². The lowest BCUT2D eigenvalue weighted by Crippen LogP contribution is -2.23. The minimum absolute atomic E-state index is 0.0665. The zero-order valence-electron chi connectivity index (χ0n) is 12.1. The highest BCUT2D eigenvalue weighted by molar-refractivity contribution is 6.07. The summed E-state index contributed by atoms with van der Waals surface area (Å²) in [5, 5.41) is 0. The van der Waals surface area contributed by atoms with Crippen LogP contribution in [0.1, 0.15) is 28.8 Å². The van der Waals surface area contributed by atoms with Gasteiger partial charge in [-0.1, -0.05) is 6.07 Å².